The number of rotatable bonds is 12. The van der Waals surface area contributed by atoms with E-state index in [2.05, 4.69) is 17.4 Å². The van der Waals surface area contributed by atoms with Gasteiger partial charge in [-0.3, -0.25) is 9.69 Å². The van der Waals surface area contributed by atoms with Gasteiger partial charge < -0.3 is 26.3 Å². The summed E-state index contributed by atoms with van der Waals surface area (Å²) in [5.74, 6) is 0.408. The standard InChI is InChI=1S/C28H37N5O3/c29-24(18-10-11-18)22-8-4-9-23(25(22)30)26(28(34)35)33-16-21(17-33)36-15-3-1-2-7-20-13-12-19-6-5-14-31-27(19)32-20/h4,8-9,12-13,18,21,26,29H,1-3,5-7,10-11,14-17,30H2,(H,31,32)(H,34,35). The largest absolute Gasteiger partial charge is 0.480 e. The Kier molecular flexibility index (Phi) is 7.53. The maximum Gasteiger partial charge on any atom is 0.325 e. The number of carbonyl (C=O) groups is 1. The van der Waals surface area contributed by atoms with Crippen LogP contribution in [-0.2, 0) is 22.4 Å². The molecule has 1 aliphatic carbocycles. The molecule has 1 saturated heterocycles. The Morgan fingerprint density at radius 1 is 1.22 bits per heavy atom. The summed E-state index contributed by atoms with van der Waals surface area (Å²) in [4.78, 5) is 18.8. The van der Waals surface area contributed by atoms with Crippen molar-refractivity contribution in [3.8, 4) is 0 Å². The van der Waals surface area contributed by atoms with E-state index in [1.165, 1.54) is 12.0 Å². The topological polar surface area (TPSA) is 125 Å². The number of carboxylic acids is 1. The van der Waals surface area contributed by atoms with E-state index in [4.69, 9.17) is 20.9 Å². The zero-order valence-electron chi connectivity index (χ0n) is 20.8. The number of likely N-dealkylation sites (tertiary alicyclic amines) is 1. The molecule has 1 aromatic heterocycles. The van der Waals surface area contributed by atoms with Crippen molar-refractivity contribution in [2.75, 3.05) is 37.3 Å². The van der Waals surface area contributed by atoms with E-state index in [0.717, 1.165) is 63.0 Å². The summed E-state index contributed by atoms with van der Waals surface area (Å²) in [7, 11) is 0. The number of nitrogens with two attached hydrogens (primary N) is 1. The zero-order chi connectivity index (χ0) is 25.1. The monoisotopic (exact) mass is 491 g/mol. The summed E-state index contributed by atoms with van der Waals surface area (Å²) >= 11 is 0. The molecule has 2 aromatic rings. The van der Waals surface area contributed by atoms with Crippen LogP contribution >= 0.6 is 0 Å². The predicted octanol–water partition coefficient (Wildman–Crippen LogP) is 4.04. The highest BCUT2D eigenvalue weighted by molar-refractivity contribution is 6.06. The van der Waals surface area contributed by atoms with Gasteiger partial charge in [-0.25, -0.2) is 4.98 Å². The van der Waals surface area contributed by atoms with E-state index >= 15 is 0 Å². The van der Waals surface area contributed by atoms with Crippen molar-refractivity contribution in [2.45, 2.75) is 63.5 Å². The smallest absolute Gasteiger partial charge is 0.325 e. The Balaban J connectivity index is 1.04. The number of hydrogen-bond acceptors (Lipinski definition) is 7. The van der Waals surface area contributed by atoms with Crippen LogP contribution in [0.15, 0.2) is 30.3 Å². The van der Waals surface area contributed by atoms with Crippen molar-refractivity contribution in [2.24, 2.45) is 5.92 Å². The highest BCUT2D eigenvalue weighted by atomic mass is 16.5. The number of fused-ring (bicyclic) bond motifs is 1. The molecule has 0 spiro atoms. The summed E-state index contributed by atoms with van der Waals surface area (Å²) in [6.07, 6.45) is 8.49. The van der Waals surface area contributed by atoms with Crippen LogP contribution in [0.25, 0.3) is 0 Å². The third-order valence-electron chi connectivity index (χ3n) is 7.57. The van der Waals surface area contributed by atoms with Crippen molar-refractivity contribution in [3.63, 3.8) is 0 Å². The van der Waals surface area contributed by atoms with Crippen LogP contribution in [0.4, 0.5) is 11.5 Å². The average Bonchev–Trinajstić information content (AvgIpc) is 3.70. The fourth-order valence-electron chi connectivity index (χ4n) is 5.26. The molecule has 0 amide bonds. The third kappa shape index (κ3) is 5.55. The number of aryl methyl sites for hydroxylation is 2. The van der Waals surface area contributed by atoms with Gasteiger partial charge in [0.15, 0.2) is 0 Å². The molecule has 1 atom stereocenters. The number of ether oxygens (including phenoxy) is 1. The lowest BCUT2D eigenvalue weighted by atomic mass is 9.94. The Bertz CT molecular complexity index is 1110. The quantitative estimate of drug-likeness (QED) is 0.201. The van der Waals surface area contributed by atoms with E-state index in [1.807, 2.05) is 17.0 Å². The third-order valence-corrected chi connectivity index (χ3v) is 7.57. The minimum atomic E-state index is -0.916. The van der Waals surface area contributed by atoms with Crippen LogP contribution in [0.3, 0.4) is 0 Å². The van der Waals surface area contributed by atoms with Gasteiger partial charge in [-0.2, -0.15) is 0 Å². The second-order valence-corrected chi connectivity index (χ2v) is 10.3. The van der Waals surface area contributed by atoms with Gasteiger partial charge in [0.2, 0.25) is 0 Å². The first kappa shape index (κ1) is 24.7. The van der Waals surface area contributed by atoms with Crippen molar-refractivity contribution < 1.29 is 14.6 Å². The number of nitrogens with zero attached hydrogens (tertiary/aromatic N) is 2. The number of aromatic nitrogens is 1. The fraction of sp³-hybridized carbons (Fsp3) is 0.536. The van der Waals surface area contributed by atoms with E-state index in [1.54, 1.807) is 6.07 Å². The molecule has 0 bridgehead atoms. The summed E-state index contributed by atoms with van der Waals surface area (Å²) in [6, 6.07) is 8.98. The molecule has 5 rings (SSSR count). The Labute approximate surface area is 212 Å². The molecule has 8 heteroatoms. The van der Waals surface area contributed by atoms with Crippen LogP contribution in [0, 0.1) is 11.3 Å². The van der Waals surface area contributed by atoms with E-state index in [-0.39, 0.29) is 12.0 Å². The SMILES string of the molecule is N=C(c1cccc(C(C(=O)O)N2CC(OCCCCCc3ccc4c(n3)NCCC4)C2)c1N)C1CC1. The predicted molar refractivity (Wildman–Crippen MR) is 141 cm³/mol. The Hall–Kier alpha value is -2.97. The molecule has 36 heavy (non-hydrogen) atoms. The molecule has 3 heterocycles. The van der Waals surface area contributed by atoms with Crippen LogP contribution in [-0.4, -0.2) is 59.0 Å². The molecular formula is C28H37N5O3. The first-order chi connectivity index (χ1) is 17.5. The molecule has 2 fully saturated rings. The number of nitrogen functional groups attached to an aromatic ring is 1. The van der Waals surface area contributed by atoms with Crippen LogP contribution < -0.4 is 11.1 Å². The molecule has 0 radical (unpaired) electrons. The van der Waals surface area contributed by atoms with Gasteiger partial charge in [-0.05, 0) is 56.6 Å². The lowest BCUT2D eigenvalue weighted by molar-refractivity contribution is -0.150. The van der Waals surface area contributed by atoms with Gasteiger partial charge in [0.05, 0.1) is 6.10 Å². The molecule has 5 N–H and O–H groups in total. The molecule has 8 nitrogen and oxygen atoms in total. The lowest BCUT2D eigenvalue weighted by Gasteiger charge is -2.42. The first-order valence-corrected chi connectivity index (χ1v) is 13.3. The number of para-hydroxylation sites is 1. The zero-order valence-corrected chi connectivity index (χ0v) is 20.8. The molecule has 192 valence electrons. The second-order valence-electron chi connectivity index (χ2n) is 10.3. The van der Waals surface area contributed by atoms with Gasteiger partial charge in [0, 0.05) is 60.4 Å². The molecule has 2 aliphatic heterocycles. The molecule has 3 aliphatic rings. The summed E-state index contributed by atoms with van der Waals surface area (Å²) in [5, 5.41) is 21.7. The fourth-order valence-corrected chi connectivity index (χ4v) is 5.26. The van der Waals surface area contributed by atoms with E-state index in [0.29, 0.717) is 42.2 Å². The van der Waals surface area contributed by atoms with Gasteiger partial charge in [0.1, 0.15) is 11.9 Å². The number of nitrogens with one attached hydrogen (secondary N) is 2. The maximum atomic E-state index is 12.1. The first-order valence-electron chi connectivity index (χ1n) is 13.3. The summed E-state index contributed by atoms with van der Waals surface area (Å²) in [5.41, 5.74) is 11.1. The highest BCUT2D eigenvalue weighted by Crippen LogP contribution is 2.37. The molecule has 1 saturated carbocycles. The summed E-state index contributed by atoms with van der Waals surface area (Å²) in [6.45, 7) is 2.85. The van der Waals surface area contributed by atoms with Gasteiger partial charge in [-0.15, -0.1) is 0 Å². The minimum Gasteiger partial charge on any atom is -0.480 e. The Morgan fingerprint density at radius 3 is 2.83 bits per heavy atom. The lowest BCUT2D eigenvalue weighted by Crippen LogP contribution is -2.55. The number of benzene rings is 1. The van der Waals surface area contributed by atoms with Crippen molar-refractivity contribution >= 4 is 23.2 Å². The van der Waals surface area contributed by atoms with E-state index in [9.17, 15) is 9.90 Å². The second kappa shape index (κ2) is 11.0. The van der Waals surface area contributed by atoms with E-state index < -0.39 is 12.0 Å². The molecule has 1 aromatic carbocycles. The van der Waals surface area contributed by atoms with Crippen LogP contribution in [0.5, 0.6) is 0 Å². The van der Waals surface area contributed by atoms with Gasteiger partial charge >= 0.3 is 5.97 Å². The molecular weight excluding hydrogens is 454 g/mol. The van der Waals surface area contributed by atoms with Crippen molar-refractivity contribution in [1.29, 1.82) is 5.41 Å². The number of aliphatic carboxylic acids is 1. The minimum absolute atomic E-state index is 0.0504. The van der Waals surface area contributed by atoms with Crippen molar-refractivity contribution in [3.05, 3.63) is 52.7 Å². The number of hydrogen-bond donors (Lipinski definition) is 4. The number of anilines is 2. The number of pyridine rings is 1. The number of carboxylic acid groups (broad SMARTS) is 1. The average molecular weight is 492 g/mol. The summed E-state index contributed by atoms with van der Waals surface area (Å²) < 4.78 is 6.01. The highest BCUT2D eigenvalue weighted by Gasteiger charge is 2.39. The number of unbranched alkanes of at least 4 members (excludes halogenated alkanes) is 2. The van der Waals surface area contributed by atoms with Gasteiger partial charge in [0.25, 0.3) is 0 Å². The van der Waals surface area contributed by atoms with Gasteiger partial charge in [-0.1, -0.05) is 30.7 Å². The maximum absolute atomic E-state index is 12.1. The van der Waals surface area contributed by atoms with Crippen molar-refractivity contribution in [1.82, 2.24) is 9.88 Å². The molecule has 1 unspecified atom stereocenters. The normalized spacial score (nSPS) is 18.7. The van der Waals surface area contributed by atoms with Crippen LogP contribution in [0.2, 0.25) is 0 Å². The van der Waals surface area contributed by atoms with Crippen LogP contribution in [0.1, 0.15) is 67.0 Å². The Morgan fingerprint density at radius 2 is 2.06 bits per heavy atom.